The van der Waals surface area contributed by atoms with E-state index in [9.17, 15) is 4.79 Å². The molecule has 0 aromatic carbocycles. The SMILES string of the molecule is O=C(O)N1CCN(c2cccc(Cl)n2)CC1. The lowest BCUT2D eigenvalue weighted by atomic mass is 10.3. The van der Waals surface area contributed by atoms with E-state index in [-0.39, 0.29) is 0 Å². The number of nitrogens with zero attached hydrogens (tertiary/aromatic N) is 3. The molecule has 0 spiro atoms. The molecule has 0 aliphatic carbocycles. The Morgan fingerprint density at radius 2 is 2.00 bits per heavy atom. The van der Waals surface area contributed by atoms with Gasteiger partial charge in [0.25, 0.3) is 0 Å². The zero-order chi connectivity index (χ0) is 11.5. The van der Waals surface area contributed by atoms with Gasteiger partial charge in [-0.05, 0) is 12.1 Å². The van der Waals surface area contributed by atoms with E-state index in [1.165, 1.54) is 4.90 Å². The van der Waals surface area contributed by atoms with Gasteiger partial charge in [0.2, 0.25) is 0 Å². The molecule has 1 amide bonds. The summed E-state index contributed by atoms with van der Waals surface area (Å²) < 4.78 is 0. The van der Waals surface area contributed by atoms with Gasteiger partial charge < -0.3 is 14.9 Å². The van der Waals surface area contributed by atoms with Crippen LogP contribution in [0.3, 0.4) is 0 Å². The number of hydrogen-bond acceptors (Lipinski definition) is 3. The number of piperazine rings is 1. The first kappa shape index (κ1) is 11.0. The van der Waals surface area contributed by atoms with E-state index < -0.39 is 6.09 Å². The predicted molar refractivity (Wildman–Crippen MR) is 61.1 cm³/mol. The van der Waals surface area contributed by atoms with E-state index in [1.54, 1.807) is 6.07 Å². The van der Waals surface area contributed by atoms with Crippen LogP contribution in [0.5, 0.6) is 0 Å². The molecule has 0 saturated carbocycles. The minimum Gasteiger partial charge on any atom is -0.465 e. The van der Waals surface area contributed by atoms with Gasteiger partial charge in [-0.25, -0.2) is 9.78 Å². The van der Waals surface area contributed by atoms with Gasteiger partial charge in [-0.1, -0.05) is 17.7 Å². The highest BCUT2D eigenvalue weighted by atomic mass is 35.5. The summed E-state index contributed by atoms with van der Waals surface area (Å²) in [5.41, 5.74) is 0. The fourth-order valence-electron chi connectivity index (χ4n) is 1.70. The highest BCUT2D eigenvalue weighted by molar-refractivity contribution is 6.29. The van der Waals surface area contributed by atoms with E-state index in [4.69, 9.17) is 16.7 Å². The lowest BCUT2D eigenvalue weighted by Crippen LogP contribution is -2.48. The van der Waals surface area contributed by atoms with Gasteiger partial charge >= 0.3 is 6.09 Å². The van der Waals surface area contributed by atoms with E-state index in [1.807, 2.05) is 17.0 Å². The van der Waals surface area contributed by atoms with Crippen molar-refractivity contribution in [1.82, 2.24) is 9.88 Å². The summed E-state index contributed by atoms with van der Waals surface area (Å²) in [6, 6.07) is 5.44. The van der Waals surface area contributed by atoms with Crippen molar-refractivity contribution in [3.8, 4) is 0 Å². The van der Waals surface area contributed by atoms with Crippen molar-refractivity contribution in [2.45, 2.75) is 0 Å². The molecule has 0 radical (unpaired) electrons. The summed E-state index contributed by atoms with van der Waals surface area (Å²) in [5, 5.41) is 9.27. The van der Waals surface area contributed by atoms with Crippen LogP contribution < -0.4 is 4.90 Å². The molecule has 0 bridgehead atoms. The molecule has 1 aliphatic rings. The minimum atomic E-state index is -0.862. The van der Waals surface area contributed by atoms with Crippen LogP contribution in [-0.4, -0.2) is 47.3 Å². The van der Waals surface area contributed by atoms with E-state index in [2.05, 4.69) is 4.98 Å². The van der Waals surface area contributed by atoms with Crippen molar-refractivity contribution in [1.29, 1.82) is 0 Å². The topological polar surface area (TPSA) is 56.7 Å². The van der Waals surface area contributed by atoms with Crippen LogP contribution in [-0.2, 0) is 0 Å². The number of halogens is 1. The molecule has 1 saturated heterocycles. The van der Waals surface area contributed by atoms with Crippen LogP contribution in [0.2, 0.25) is 5.15 Å². The molecule has 2 heterocycles. The third-order valence-electron chi connectivity index (χ3n) is 2.57. The Labute approximate surface area is 98.2 Å². The van der Waals surface area contributed by atoms with Crippen LogP contribution in [0.25, 0.3) is 0 Å². The van der Waals surface area contributed by atoms with Gasteiger partial charge in [0.05, 0.1) is 0 Å². The molecule has 6 heteroatoms. The number of hydrogen-bond donors (Lipinski definition) is 1. The first-order valence-electron chi connectivity index (χ1n) is 5.02. The Balaban J connectivity index is 2.01. The molecule has 2 rings (SSSR count). The molecule has 0 unspecified atom stereocenters. The Morgan fingerprint density at radius 3 is 2.56 bits per heavy atom. The molecule has 86 valence electrons. The lowest BCUT2D eigenvalue weighted by molar-refractivity contribution is 0.142. The minimum absolute atomic E-state index is 0.457. The Morgan fingerprint density at radius 1 is 1.31 bits per heavy atom. The van der Waals surface area contributed by atoms with Gasteiger partial charge in [-0.2, -0.15) is 0 Å². The highest BCUT2D eigenvalue weighted by Gasteiger charge is 2.20. The highest BCUT2D eigenvalue weighted by Crippen LogP contribution is 2.16. The summed E-state index contributed by atoms with van der Waals surface area (Å²) >= 11 is 5.80. The first-order chi connectivity index (χ1) is 7.66. The van der Waals surface area contributed by atoms with Gasteiger partial charge in [0.15, 0.2) is 0 Å². The molecule has 1 fully saturated rings. The standard InChI is InChI=1S/C10H12ClN3O2/c11-8-2-1-3-9(12-8)13-4-6-14(7-5-13)10(15)16/h1-3H,4-7H2,(H,15,16). The molecule has 0 atom stereocenters. The van der Waals surface area contributed by atoms with E-state index in [0.29, 0.717) is 31.3 Å². The average Bonchev–Trinajstić information content (AvgIpc) is 2.29. The molecular formula is C10H12ClN3O2. The van der Waals surface area contributed by atoms with Crippen molar-refractivity contribution in [2.75, 3.05) is 31.1 Å². The van der Waals surface area contributed by atoms with Crippen LogP contribution in [0.4, 0.5) is 10.6 Å². The maximum Gasteiger partial charge on any atom is 0.407 e. The van der Waals surface area contributed by atoms with E-state index in [0.717, 1.165) is 5.82 Å². The third-order valence-corrected chi connectivity index (χ3v) is 2.79. The molecule has 1 N–H and O–H groups in total. The quantitative estimate of drug-likeness (QED) is 0.758. The predicted octanol–water partition coefficient (Wildman–Crippen LogP) is 1.54. The zero-order valence-corrected chi connectivity index (χ0v) is 9.39. The molecule has 1 aliphatic heterocycles. The third kappa shape index (κ3) is 2.36. The zero-order valence-electron chi connectivity index (χ0n) is 8.64. The van der Waals surface area contributed by atoms with Gasteiger partial charge in [0, 0.05) is 26.2 Å². The second-order valence-electron chi connectivity index (χ2n) is 3.58. The van der Waals surface area contributed by atoms with Gasteiger partial charge in [-0.3, -0.25) is 0 Å². The summed E-state index contributed by atoms with van der Waals surface area (Å²) in [5.74, 6) is 0.803. The molecular weight excluding hydrogens is 230 g/mol. The fraction of sp³-hybridized carbons (Fsp3) is 0.400. The first-order valence-corrected chi connectivity index (χ1v) is 5.40. The lowest BCUT2D eigenvalue weighted by Gasteiger charge is -2.33. The maximum absolute atomic E-state index is 10.7. The average molecular weight is 242 g/mol. The monoisotopic (exact) mass is 241 g/mol. The molecule has 1 aromatic heterocycles. The van der Waals surface area contributed by atoms with E-state index >= 15 is 0 Å². The number of amides is 1. The number of carboxylic acid groups (broad SMARTS) is 1. The normalized spacial score (nSPS) is 16.3. The van der Waals surface area contributed by atoms with Crippen molar-refractivity contribution in [2.24, 2.45) is 0 Å². The molecule has 1 aromatic rings. The van der Waals surface area contributed by atoms with Gasteiger partial charge in [-0.15, -0.1) is 0 Å². The smallest absolute Gasteiger partial charge is 0.407 e. The summed E-state index contributed by atoms with van der Waals surface area (Å²) in [7, 11) is 0. The second kappa shape index (κ2) is 4.57. The summed E-state index contributed by atoms with van der Waals surface area (Å²) in [6.07, 6.45) is -0.862. The number of pyridine rings is 1. The fourth-order valence-corrected chi connectivity index (χ4v) is 1.86. The number of anilines is 1. The number of carbonyl (C=O) groups is 1. The Kier molecular flexibility index (Phi) is 3.14. The van der Waals surface area contributed by atoms with Crippen molar-refractivity contribution in [3.63, 3.8) is 0 Å². The van der Waals surface area contributed by atoms with Crippen molar-refractivity contribution >= 4 is 23.5 Å². The van der Waals surface area contributed by atoms with Crippen LogP contribution in [0, 0.1) is 0 Å². The number of rotatable bonds is 1. The summed E-state index contributed by atoms with van der Waals surface area (Å²) in [4.78, 5) is 18.4. The summed E-state index contributed by atoms with van der Waals surface area (Å²) in [6.45, 7) is 2.31. The second-order valence-corrected chi connectivity index (χ2v) is 3.96. The van der Waals surface area contributed by atoms with Crippen molar-refractivity contribution < 1.29 is 9.90 Å². The van der Waals surface area contributed by atoms with Crippen LogP contribution in [0.1, 0.15) is 0 Å². The van der Waals surface area contributed by atoms with Gasteiger partial charge in [0.1, 0.15) is 11.0 Å². The largest absolute Gasteiger partial charge is 0.465 e. The van der Waals surface area contributed by atoms with Crippen molar-refractivity contribution in [3.05, 3.63) is 23.4 Å². The van der Waals surface area contributed by atoms with Crippen LogP contribution in [0.15, 0.2) is 18.2 Å². The number of aromatic nitrogens is 1. The maximum atomic E-state index is 10.7. The molecule has 16 heavy (non-hydrogen) atoms. The Hall–Kier alpha value is -1.49. The molecule has 5 nitrogen and oxygen atoms in total. The van der Waals surface area contributed by atoms with Crippen LogP contribution >= 0.6 is 11.6 Å². The Bertz CT molecular complexity index is 391.